The van der Waals surface area contributed by atoms with Gasteiger partial charge in [-0.3, -0.25) is 9.59 Å². The molecule has 0 fully saturated rings. The lowest BCUT2D eigenvalue weighted by molar-refractivity contribution is -0.128. The Morgan fingerprint density at radius 2 is 1.57 bits per heavy atom. The second-order valence-corrected chi connectivity index (χ2v) is 8.09. The number of ether oxygens (including phenoxy) is 1. The first-order valence-electron chi connectivity index (χ1n) is 9.60. The van der Waals surface area contributed by atoms with E-state index in [0.29, 0.717) is 12.1 Å². The lowest BCUT2D eigenvalue weighted by atomic mass is 9.97. The second kappa shape index (κ2) is 10.1. The number of hydrogen-bond donors (Lipinski definition) is 3. The molecule has 0 radical (unpaired) electrons. The summed E-state index contributed by atoms with van der Waals surface area (Å²) in [4.78, 5) is 37.1. The topological polar surface area (TPSA) is 96.5 Å². The number of benzene rings is 1. The van der Waals surface area contributed by atoms with Crippen LogP contribution < -0.4 is 16.0 Å². The first kappa shape index (κ1) is 23.5. The van der Waals surface area contributed by atoms with Gasteiger partial charge in [0.15, 0.2) is 0 Å². The Labute approximate surface area is 167 Å². The monoisotopic (exact) mass is 391 g/mol. The molecule has 0 spiro atoms. The van der Waals surface area contributed by atoms with Gasteiger partial charge in [-0.1, -0.05) is 38.0 Å². The van der Waals surface area contributed by atoms with Crippen LogP contribution in [0.15, 0.2) is 24.3 Å². The Balaban J connectivity index is 2.76. The second-order valence-electron chi connectivity index (χ2n) is 8.09. The summed E-state index contributed by atoms with van der Waals surface area (Å²) in [6.07, 6.45) is 0.0273. The summed E-state index contributed by atoms with van der Waals surface area (Å²) in [7, 11) is 0. The van der Waals surface area contributed by atoms with Gasteiger partial charge in [0, 0.05) is 5.69 Å². The molecular formula is C21H33N3O4. The predicted molar refractivity (Wildman–Crippen MR) is 110 cm³/mol. The smallest absolute Gasteiger partial charge is 0.408 e. The van der Waals surface area contributed by atoms with Gasteiger partial charge in [-0.2, -0.15) is 0 Å². The van der Waals surface area contributed by atoms with Crippen molar-refractivity contribution in [2.75, 3.05) is 5.32 Å². The molecule has 7 heteroatoms. The highest BCUT2D eigenvalue weighted by Crippen LogP contribution is 2.14. The van der Waals surface area contributed by atoms with Crippen LogP contribution in [0.5, 0.6) is 0 Å². The summed E-state index contributed by atoms with van der Waals surface area (Å²) < 4.78 is 5.16. The molecule has 0 bridgehead atoms. The summed E-state index contributed by atoms with van der Waals surface area (Å²) in [5, 5.41) is 8.07. The molecule has 1 unspecified atom stereocenters. The number of aryl methyl sites for hydroxylation is 1. The third-order valence-corrected chi connectivity index (χ3v) is 4.24. The number of anilines is 1. The van der Waals surface area contributed by atoms with Crippen LogP contribution in [0.2, 0.25) is 0 Å². The zero-order chi connectivity index (χ0) is 21.5. The average molecular weight is 392 g/mol. The molecule has 0 aliphatic carbocycles. The van der Waals surface area contributed by atoms with Crippen LogP contribution in [0, 0.1) is 12.8 Å². The molecule has 28 heavy (non-hydrogen) atoms. The van der Waals surface area contributed by atoms with Gasteiger partial charge in [0.25, 0.3) is 0 Å². The van der Waals surface area contributed by atoms with E-state index in [9.17, 15) is 14.4 Å². The van der Waals surface area contributed by atoms with E-state index < -0.39 is 29.7 Å². The van der Waals surface area contributed by atoms with Crippen LogP contribution >= 0.6 is 0 Å². The third kappa shape index (κ3) is 7.98. The van der Waals surface area contributed by atoms with Crippen LogP contribution in [-0.2, 0) is 14.3 Å². The van der Waals surface area contributed by atoms with Gasteiger partial charge in [0.2, 0.25) is 11.8 Å². The van der Waals surface area contributed by atoms with E-state index in [1.54, 1.807) is 27.7 Å². The lowest BCUT2D eigenvalue weighted by Gasteiger charge is -2.26. The number of nitrogens with one attached hydrogen (secondary N) is 3. The van der Waals surface area contributed by atoms with Crippen LogP contribution in [-0.4, -0.2) is 35.6 Å². The Kier molecular flexibility index (Phi) is 8.47. The van der Waals surface area contributed by atoms with Gasteiger partial charge in [0.05, 0.1) is 0 Å². The van der Waals surface area contributed by atoms with Crippen LogP contribution in [0.25, 0.3) is 0 Å². The van der Waals surface area contributed by atoms with Gasteiger partial charge < -0.3 is 20.7 Å². The number of carbonyl (C=O) groups is 3. The minimum absolute atomic E-state index is 0.0804. The molecule has 0 saturated heterocycles. The molecule has 1 aromatic carbocycles. The van der Waals surface area contributed by atoms with Crippen LogP contribution in [0.4, 0.5) is 10.5 Å². The van der Waals surface area contributed by atoms with E-state index in [1.165, 1.54) is 0 Å². The summed E-state index contributed by atoms with van der Waals surface area (Å²) in [6.45, 7) is 12.6. The van der Waals surface area contributed by atoms with Crippen molar-refractivity contribution in [3.8, 4) is 0 Å². The zero-order valence-electron chi connectivity index (χ0n) is 17.9. The Morgan fingerprint density at radius 3 is 2.07 bits per heavy atom. The molecule has 3 N–H and O–H groups in total. The summed E-state index contributed by atoms with van der Waals surface area (Å²) in [6, 6.07) is 5.87. The SMILES string of the molecule is CCC(C)[C@H](NC(=O)[C@H](C)NC(=O)OC(C)(C)C)C(=O)Nc1ccc(C)cc1. The standard InChI is InChI=1S/C21H33N3O4/c1-8-14(3)17(19(26)23-16-11-9-13(2)10-12-16)24-18(25)15(4)22-20(27)28-21(5,6)7/h9-12,14-15,17H,8H2,1-7H3,(H,22,27)(H,23,26)(H,24,25)/t14?,15-,17-/m0/s1. The molecule has 156 valence electrons. The maximum atomic E-state index is 12.7. The fraction of sp³-hybridized carbons (Fsp3) is 0.571. The molecular weight excluding hydrogens is 358 g/mol. The number of carbonyl (C=O) groups excluding carboxylic acids is 3. The molecule has 3 atom stereocenters. The minimum Gasteiger partial charge on any atom is -0.444 e. The van der Waals surface area contributed by atoms with Crippen molar-refractivity contribution in [3.63, 3.8) is 0 Å². The number of hydrogen-bond acceptors (Lipinski definition) is 4. The van der Waals surface area contributed by atoms with E-state index in [0.717, 1.165) is 5.56 Å². The molecule has 0 saturated carbocycles. The quantitative estimate of drug-likeness (QED) is 0.664. The molecule has 7 nitrogen and oxygen atoms in total. The van der Waals surface area contributed by atoms with E-state index >= 15 is 0 Å². The Morgan fingerprint density at radius 1 is 1.00 bits per heavy atom. The van der Waals surface area contributed by atoms with Gasteiger partial charge in [0.1, 0.15) is 17.7 Å². The Bertz CT molecular complexity index is 680. The van der Waals surface area contributed by atoms with Gasteiger partial charge in [-0.05, 0) is 52.7 Å². The van der Waals surface area contributed by atoms with E-state index in [4.69, 9.17) is 4.74 Å². The fourth-order valence-electron chi connectivity index (χ4n) is 2.39. The zero-order valence-corrected chi connectivity index (χ0v) is 17.9. The third-order valence-electron chi connectivity index (χ3n) is 4.24. The molecule has 0 aromatic heterocycles. The van der Waals surface area contributed by atoms with Crippen LogP contribution in [0.1, 0.15) is 53.5 Å². The lowest BCUT2D eigenvalue weighted by Crippen LogP contribution is -2.54. The maximum absolute atomic E-state index is 12.7. The first-order valence-corrected chi connectivity index (χ1v) is 9.60. The van der Waals surface area contributed by atoms with E-state index in [-0.39, 0.29) is 11.8 Å². The van der Waals surface area contributed by atoms with Crippen molar-refractivity contribution in [2.45, 2.75) is 72.6 Å². The molecule has 3 amide bonds. The number of rotatable bonds is 7. The summed E-state index contributed by atoms with van der Waals surface area (Å²) >= 11 is 0. The highest BCUT2D eigenvalue weighted by Gasteiger charge is 2.29. The molecule has 1 rings (SSSR count). The van der Waals surface area contributed by atoms with Crippen molar-refractivity contribution in [2.24, 2.45) is 5.92 Å². The highest BCUT2D eigenvalue weighted by atomic mass is 16.6. The summed E-state index contributed by atoms with van der Waals surface area (Å²) in [5.41, 5.74) is 1.10. The average Bonchev–Trinajstić information content (AvgIpc) is 2.58. The Hall–Kier alpha value is -2.57. The fourth-order valence-corrected chi connectivity index (χ4v) is 2.39. The van der Waals surface area contributed by atoms with Crippen molar-refractivity contribution in [3.05, 3.63) is 29.8 Å². The molecule has 1 aromatic rings. The molecule has 0 aliphatic rings. The number of amides is 3. The predicted octanol–water partition coefficient (Wildman–Crippen LogP) is 3.38. The highest BCUT2D eigenvalue weighted by molar-refractivity contribution is 5.98. The van der Waals surface area contributed by atoms with E-state index in [2.05, 4.69) is 16.0 Å². The van der Waals surface area contributed by atoms with Crippen molar-refractivity contribution >= 4 is 23.6 Å². The van der Waals surface area contributed by atoms with Gasteiger partial charge >= 0.3 is 6.09 Å². The minimum atomic E-state index is -0.839. The van der Waals surface area contributed by atoms with E-state index in [1.807, 2.05) is 45.0 Å². The van der Waals surface area contributed by atoms with Gasteiger partial charge in [-0.15, -0.1) is 0 Å². The normalized spacial score (nSPS) is 14.4. The molecule has 0 aliphatic heterocycles. The summed E-state index contributed by atoms with van der Waals surface area (Å²) in [5.74, 6) is -0.825. The molecule has 0 heterocycles. The van der Waals surface area contributed by atoms with Crippen molar-refractivity contribution in [1.82, 2.24) is 10.6 Å². The van der Waals surface area contributed by atoms with Crippen LogP contribution in [0.3, 0.4) is 0 Å². The van der Waals surface area contributed by atoms with Gasteiger partial charge in [-0.25, -0.2) is 4.79 Å². The largest absolute Gasteiger partial charge is 0.444 e. The van der Waals surface area contributed by atoms with Crippen molar-refractivity contribution in [1.29, 1.82) is 0 Å². The number of alkyl carbamates (subject to hydrolysis) is 1. The maximum Gasteiger partial charge on any atom is 0.408 e. The van der Waals surface area contributed by atoms with Crippen molar-refractivity contribution < 1.29 is 19.1 Å². The first-order chi connectivity index (χ1) is 12.9.